The van der Waals surface area contributed by atoms with E-state index in [9.17, 15) is 13.2 Å². The number of fused-ring (bicyclic) bond motifs is 3. The second-order valence-corrected chi connectivity index (χ2v) is 12.3. The number of nitrogens with zero attached hydrogens (tertiary/aromatic N) is 5. The summed E-state index contributed by atoms with van der Waals surface area (Å²) in [6.07, 6.45) is 7.63. The topological polar surface area (TPSA) is 136 Å². The standard InChI is InChI=1S/C28H31N7O3S/c1-3-30-28(36)34-20-10-11-21(34)14-19(13-20)24-25(39(2,37)38)26(29)35-27(33-24)22(16-32-35)18-9-12-23(31-15-18)17-7-5-4-6-8-17/h4-9,12,15-16,19-21H,3,10-11,13-14,29H2,1-2H3,(H,30,36)/t19?,20-,21?/m1/s1. The molecule has 10 nitrogen and oxygen atoms in total. The predicted molar refractivity (Wildman–Crippen MR) is 149 cm³/mol. The van der Waals surface area contributed by atoms with E-state index in [1.165, 1.54) is 4.52 Å². The van der Waals surface area contributed by atoms with Gasteiger partial charge in [-0.15, -0.1) is 0 Å². The molecule has 2 bridgehead atoms. The molecule has 6 rings (SSSR count). The van der Waals surface area contributed by atoms with Crippen LogP contribution in [0.3, 0.4) is 0 Å². The van der Waals surface area contributed by atoms with Gasteiger partial charge in [-0.05, 0) is 38.7 Å². The number of carbonyl (C=O) groups excluding carboxylic acids is 1. The van der Waals surface area contributed by atoms with Crippen LogP contribution in [-0.2, 0) is 9.84 Å². The second kappa shape index (κ2) is 9.64. The van der Waals surface area contributed by atoms with Gasteiger partial charge in [0.15, 0.2) is 15.5 Å². The zero-order chi connectivity index (χ0) is 27.3. The number of amides is 2. The van der Waals surface area contributed by atoms with Crippen molar-refractivity contribution in [3.63, 3.8) is 0 Å². The van der Waals surface area contributed by atoms with Crippen molar-refractivity contribution < 1.29 is 13.2 Å². The van der Waals surface area contributed by atoms with Gasteiger partial charge in [-0.1, -0.05) is 36.4 Å². The van der Waals surface area contributed by atoms with Gasteiger partial charge in [0.25, 0.3) is 0 Å². The number of sulfone groups is 1. The lowest BCUT2D eigenvalue weighted by Crippen LogP contribution is -2.50. The highest BCUT2D eigenvalue weighted by molar-refractivity contribution is 7.91. The van der Waals surface area contributed by atoms with Crippen LogP contribution in [0.25, 0.3) is 28.0 Å². The van der Waals surface area contributed by atoms with E-state index in [1.807, 2.05) is 54.3 Å². The summed E-state index contributed by atoms with van der Waals surface area (Å²) >= 11 is 0. The van der Waals surface area contributed by atoms with Crippen molar-refractivity contribution in [1.29, 1.82) is 0 Å². The van der Waals surface area contributed by atoms with Crippen LogP contribution in [-0.4, -0.2) is 63.8 Å². The Morgan fingerprint density at radius 2 is 1.77 bits per heavy atom. The quantitative estimate of drug-likeness (QED) is 0.388. The number of aromatic nitrogens is 4. The van der Waals surface area contributed by atoms with Crippen LogP contribution < -0.4 is 11.1 Å². The summed E-state index contributed by atoms with van der Waals surface area (Å²) in [5.74, 6) is -0.0948. The van der Waals surface area contributed by atoms with Crippen LogP contribution in [0.2, 0.25) is 0 Å². The van der Waals surface area contributed by atoms with E-state index in [-0.39, 0.29) is 34.7 Å². The third-order valence-electron chi connectivity index (χ3n) is 7.86. The summed E-state index contributed by atoms with van der Waals surface area (Å²) in [5, 5.41) is 7.32. The molecule has 3 aromatic heterocycles. The number of urea groups is 1. The van der Waals surface area contributed by atoms with Gasteiger partial charge in [0.05, 0.1) is 17.6 Å². The first-order valence-corrected chi connectivity index (χ1v) is 15.1. The highest BCUT2D eigenvalue weighted by Crippen LogP contribution is 2.45. The van der Waals surface area contributed by atoms with Gasteiger partial charge in [0.1, 0.15) is 10.7 Å². The van der Waals surface area contributed by atoms with Crippen LogP contribution in [0.4, 0.5) is 10.6 Å². The Hall–Kier alpha value is -3.99. The van der Waals surface area contributed by atoms with E-state index in [0.717, 1.165) is 41.5 Å². The van der Waals surface area contributed by atoms with Crippen molar-refractivity contribution in [3.05, 3.63) is 60.6 Å². The van der Waals surface area contributed by atoms with Gasteiger partial charge >= 0.3 is 6.03 Å². The third-order valence-corrected chi connectivity index (χ3v) is 9.02. The average molecular weight is 546 g/mol. The minimum atomic E-state index is -3.70. The second-order valence-electron chi connectivity index (χ2n) is 10.4. The number of pyridine rings is 1. The van der Waals surface area contributed by atoms with Gasteiger partial charge in [-0.3, -0.25) is 4.98 Å². The highest BCUT2D eigenvalue weighted by atomic mass is 32.2. The number of nitrogen functional groups attached to an aromatic ring is 1. The van der Waals surface area contributed by atoms with Crippen LogP contribution in [0.5, 0.6) is 0 Å². The maximum Gasteiger partial charge on any atom is 0.317 e. The lowest BCUT2D eigenvalue weighted by atomic mass is 9.88. The molecule has 4 aromatic rings. The van der Waals surface area contributed by atoms with Crippen molar-refractivity contribution in [2.45, 2.75) is 55.5 Å². The van der Waals surface area contributed by atoms with E-state index in [4.69, 9.17) is 10.7 Å². The molecule has 0 radical (unpaired) electrons. The smallest absolute Gasteiger partial charge is 0.317 e. The molecule has 0 spiro atoms. The largest absolute Gasteiger partial charge is 0.382 e. The molecule has 2 aliphatic rings. The number of benzene rings is 1. The Morgan fingerprint density at radius 1 is 1.05 bits per heavy atom. The normalized spacial score (nSPS) is 20.9. The number of nitrogens with two attached hydrogens (primary N) is 1. The molecule has 2 aliphatic heterocycles. The number of piperidine rings is 1. The van der Waals surface area contributed by atoms with Gasteiger partial charge in [0.2, 0.25) is 0 Å². The lowest BCUT2D eigenvalue weighted by Gasteiger charge is -2.39. The van der Waals surface area contributed by atoms with Crippen LogP contribution >= 0.6 is 0 Å². The summed E-state index contributed by atoms with van der Waals surface area (Å²) in [4.78, 5) is 24.2. The summed E-state index contributed by atoms with van der Waals surface area (Å²) in [7, 11) is -3.70. The SMILES string of the molecule is CCNC(=O)N1C2CC[C@@H]1CC(c1nc3c(-c4ccc(-c5ccccc5)nc4)cnn3c(N)c1S(C)(=O)=O)C2. The molecule has 1 aromatic carbocycles. The average Bonchev–Trinajstić information content (AvgIpc) is 3.47. The molecule has 5 heterocycles. The fourth-order valence-corrected chi connectivity index (χ4v) is 7.24. The Bertz CT molecular complexity index is 1640. The van der Waals surface area contributed by atoms with E-state index in [2.05, 4.69) is 15.4 Å². The first-order valence-electron chi connectivity index (χ1n) is 13.2. The van der Waals surface area contributed by atoms with Crippen molar-refractivity contribution in [2.24, 2.45) is 0 Å². The highest BCUT2D eigenvalue weighted by Gasteiger charge is 2.45. The third kappa shape index (κ3) is 4.40. The van der Waals surface area contributed by atoms with E-state index >= 15 is 0 Å². The molecule has 39 heavy (non-hydrogen) atoms. The summed E-state index contributed by atoms with van der Waals surface area (Å²) in [5.41, 5.74) is 10.8. The fourth-order valence-electron chi connectivity index (χ4n) is 6.19. The molecule has 202 valence electrons. The molecular weight excluding hydrogens is 514 g/mol. The van der Waals surface area contributed by atoms with Crippen LogP contribution in [0, 0.1) is 0 Å². The number of carbonyl (C=O) groups is 1. The maximum atomic E-state index is 13.0. The van der Waals surface area contributed by atoms with Gasteiger partial charge in [-0.2, -0.15) is 9.61 Å². The fraction of sp³-hybridized carbons (Fsp3) is 0.357. The molecule has 2 fully saturated rings. The molecule has 2 amide bonds. The van der Waals surface area contributed by atoms with Crippen molar-refractivity contribution in [1.82, 2.24) is 29.8 Å². The van der Waals surface area contributed by atoms with E-state index in [0.29, 0.717) is 30.7 Å². The number of nitrogens with one attached hydrogen (secondary N) is 1. The molecule has 2 unspecified atom stereocenters. The maximum absolute atomic E-state index is 13.0. The zero-order valence-corrected chi connectivity index (χ0v) is 22.7. The monoisotopic (exact) mass is 545 g/mol. The molecular formula is C28H31N7O3S. The predicted octanol–water partition coefficient (Wildman–Crippen LogP) is 3.88. The molecule has 0 aliphatic carbocycles. The first-order chi connectivity index (χ1) is 18.8. The molecule has 2 saturated heterocycles. The lowest BCUT2D eigenvalue weighted by molar-refractivity contribution is 0.137. The zero-order valence-electron chi connectivity index (χ0n) is 21.9. The van der Waals surface area contributed by atoms with Gasteiger partial charge in [0, 0.05) is 53.7 Å². The Morgan fingerprint density at radius 3 is 2.38 bits per heavy atom. The van der Waals surface area contributed by atoms with Crippen molar-refractivity contribution in [3.8, 4) is 22.4 Å². The number of anilines is 1. The summed E-state index contributed by atoms with van der Waals surface area (Å²) < 4.78 is 27.4. The van der Waals surface area contributed by atoms with E-state index in [1.54, 1.807) is 12.4 Å². The van der Waals surface area contributed by atoms with Crippen molar-refractivity contribution >= 4 is 27.3 Å². The van der Waals surface area contributed by atoms with Crippen molar-refractivity contribution in [2.75, 3.05) is 18.5 Å². The number of hydrogen-bond donors (Lipinski definition) is 2. The van der Waals surface area contributed by atoms with Crippen LogP contribution in [0.1, 0.15) is 44.2 Å². The van der Waals surface area contributed by atoms with Gasteiger partial charge < -0.3 is 16.0 Å². The Labute approximate surface area is 227 Å². The number of rotatable bonds is 5. The van der Waals surface area contributed by atoms with E-state index < -0.39 is 9.84 Å². The molecule has 0 saturated carbocycles. The Balaban J connectivity index is 1.42. The van der Waals surface area contributed by atoms with Gasteiger partial charge in [-0.25, -0.2) is 18.2 Å². The molecule has 11 heteroatoms. The first kappa shape index (κ1) is 25.3. The number of hydrogen-bond acceptors (Lipinski definition) is 7. The van der Waals surface area contributed by atoms with Crippen LogP contribution in [0.15, 0.2) is 59.8 Å². The molecule has 3 atom stereocenters. The summed E-state index contributed by atoms with van der Waals surface area (Å²) in [6, 6.07) is 13.8. The minimum Gasteiger partial charge on any atom is -0.382 e. The Kier molecular flexibility index (Phi) is 6.25. The summed E-state index contributed by atoms with van der Waals surface area (Å²) in [6.45, 7) is 2.47. The molecule has 3 N–H and O–H groups in total. The minimum absolute atomic E-state index is 0.0260.